The van der Waals surface area contributed by atoms with Gasteiger partial charge in [-0.1, -0.05) is 19.8 Å². The molecule has 0 radical (unpaired) electrons. The topological polar surface area (TPSA) is 30.5 Å². The Morgan fingerprint density at radius 3 is 2.74 bits per heavy atom. The molecule has 0 spiro atoms. The molecular weight excluding hydrogens is 306 g/mol. The van der Waals surface area contributed by atoms with Gasteiger partial charge in [-0.25, -0.2) is 0 Å². The van der Waals surface area contributed by atoms with E-state index in [1.807, 2.05) is 18.2 Å². The second kappa shape index (κ2) is 9.21. The minimum Gasteiger partial charge on any atom is -0.497 e. The van der Waals surface area contributed by atoms with Gasteiger partial charge in [0.2, 0.25) is 0 Å². The molecular formula is C15H24BrNO2. The van der Waals surface area contributed by atoms with Crippen LogP contribution in [-0.4, -0.2) is 26.3 Å². The summed E-state index contributed by atoms with van der Waals surface area (Å²) in [7, 11) is 1.66. The first-order valence-corrected chi connectivity index (χ1v) is 7.67. The molecule has 1 aromatic carbocycles. The Kier molecular flexibility index (Phi) is 7.91. The average molecular weight is 330 g/mol. The van der Waals surface area contributed by atoms with E-state index in [4.69, 9.17) is 9.47 Å². The van der Waals surface area contributed by atoms with E-state index in [0.29, 0.717) is 0 Å². The molecule has 0 amide bonds. The summed E-state index contributed by atoms with van der Waals surface area (Å²) in [6.07, 6.45) is 3.92. The average Bonchev–Trinajstić information content (AvgIpc) is 2.41. The highest BCUT2D eigenvalue weighted by molar-refractivity contribution is 9.10. The van der Waals surface area contributed by atoms with Crippen LogP contribution in [0, 0.1) is 0 Å². The summed E-state index contributed by atoms with van der Waals surface area (Å²) in [4.78, 5) is 0. The monoisotopic (exact) mass is 329 g/mol. The molecule has 0 aliphatic heterocycles. The Hall–Kier alpha value is -0.740. The molecule has 0 heterocycles. The zero-order chi connectivity index (χ0) is 14.1. The number of methoxy groups -OCH3 is 1. The van der Waals surface area contributed by atoms with Crippen molar-refractivity contribution in [2.45, 2.75) is 39.2 Å². The molecule has 0 saturated heterocycles. The Morgan fingerprint density at radius 1 is 1.32 bits per heavy atom. The molecule has 1 atom stereocenters. The third-order valence-electron chi connectivity index (χ3n) is 2.86. The van der Waals surface area contributed by atoms with E-state index in [0.717, 1.165) is 29.1 Å². The van der Waals surface area contributed by atoms with Crippen LogP contribution in [0.2, 0.25) is 0 Å². The largest absolute Gasteiger partial charge is 0.497 e. The molecule has 0 aliphatic rings. The number of rotatable bonds is 9. The number of hydrogen-bond donors (Lipinski definition) is 1. The molecule has 19 heavy (non-hydrogen) atoms. The second-order valence-corrected chi connectivity index (χ2v) is 5.49. The summed E-state index contributed by atoms with van der Waals surface area (Å²) >= 11 is 3.49. The quantitative estimate of drug-likeness (QED) is 0.694. The van der Waals surface area contributed by atoms with E-state index in [1.54, 1.807) is 7.11 Å². The second-order valence-electron chi connectivity index (χ2n) is 4.64. The van der Waals surface area contributed by atoms with Crippen molar-refractivity contribution in [1.82, 2.24) is 5.32 Å². The maximum Gasteiger partial charge on any atom is 0.134 e. The number of ether oxygens (including phenoxy) is 2. The lowest BCUT2D eigenvalue weighted by molar-refractivity contribution is 0.215. The third kappa shape index (κ3) is 6.30. The van der Waals surface area contributed by atoms with Crippen LogP contribution in [0.3, 0.4) is 0 Å². The van der Waals surface area contributed by atoms with E-state index in [-0.39, 0.29) is 6.10 Å². The summed E-state index contributed by atoms with van der Waals surface area (Å²) in [5.41, 5.74) is 0. The summed E-state index contributed by atoms with van der Waals surface area (Å²) < 4.78 is 12.0. The molecule has 0 aliphatic carbocycles. The lowest BCUT2D eigenvalue weighted by Gasteiger charge is -2.17. The first-order chi connectivity index (χ1) is 9.17. The first kappa shape index (κ1) is 16.3. The third-order valence-corrected chi connectivity index (χ3v) is 3.48. The smallest absolute Gasteiger partial charge is 0.134 e. The minimum atomic E-state index is 0.145. The van der Waals surface area contributed by atoms with Crippen LogP contribution in [0.15, 0.2) is 22.7 Å². The van der Waals surface area contributed by atoms with E-state index < -0.39 is 0 Å². The van der Waals surface area contributed by atoms with Crippen LogP contribution in [-0.2, 0) is 0 Å². The molecule has 1 aromatic rings. The van der Waals surface area contributed by atoms with Gasteiger partial charge in [-0.3, -0.25) is 0 Å². The van der Waals surface area contributed by atoms with Gasteiger partial charge in [-0.15, -0.1) is 0 Å². The summed E-state index contributed by atoms with van der Waals surface area (Å²) in [6, 6.07) is 5.74. The lowest BCUT2D eigenvalue weighted by Crippen LogP contribution is -2.29. The number of hydrogen-bond acceptors (Lipinski definition) is 3. The van der Waals surface area contributed by atoms with Crippen molar-refractivity contribution >= 4 is 15.9 Å². The van der Waals surface area contributed by atoms with Crippen molar-refractivity contribution < 1.29 is 9.47 Å². The van der Waals surface area contributed by atoms with Crippen LogP contribution in [0.5, 0.6) is 11.5 Å². The molecule has 1 rings (SSSR count). The van der Waals surface area contributed by atoms with Gasteiger partial charge in [0, 0.05) is 6.54 Å². The molecule has 0 aromatic heterocycles. The van der Waals surface area contributed by atoms with Gasteiger partial charge < -0.3 is 14.8 Å². The molecule has 0 saturated carbocycles. The molecule has 0 bridgehead atoms. The van der Waals surface area contributed by atoms with Gasteiger partial charge in [0.15, 0.2) is 0 Å². The van der Waals surface area contributed by atoms with Crippen LogP contribution < -0.4 is 14.8 Å². The van der Waals surface area contributed by atoms with Crippen molar-refractivity contribution in [1.29, 1.82) is 0 Å². The zero-order valence-corrected chi connectivity index (χ0v) is 13.6. The Labute approximate surface area is 124 Å². The predicted octanol–water partition coefficient (Wildman–Crippen LogP) is 4.00. The van der Waals surface area contributed by atoms with Crippen LogP contribution in [0.25, 0.3) is 0 Å². The van der Waals surface area contributed by atoms with Gasteiger partial charge in [0.25, 0.3) is 0 Å². The highest BCUT2D eigenvalue weighted by atomic mass is 79.9. The minimum absolute atomic E-state index is 0.145. The van der Waals surface area contributed by atoms with Gasteiger partial charge in [0.05, 0.1) is 11.6 Å². The van der Waals surface area contributed by atoms with Gasteiger partial charge in [-0.2, -0.15) is 0 Å². The maximum atomic E-state index is 5.89. The van der Waals surface area contributed by atoms with Crippen LogP contribution in [0.4, 0.5) is 0 Å². The van der Waals surface area contributed by atoms with Gasteiger partial charge in [-0.05, 0) is 54.0 Å². The summed E-state index contributed by atoms with van der Waals surface area (Å²) in [5.74, 6) is 1.67. The SMILES string of the molecule is CCCCCNCC(C)Oc1ccc(OC)cc1Br. The van der Waals surface area contributed by atoms with Crippen molar-refractivity contribution in [2.75, 3.05) is 20.2 Å². The normalized spacial score (nSPS) is 12.2. The van der Waals surface area contributed by atoms with Crippen molar-refractivity contribution in [3.8, 4) is 11.5 Å². The predicted molar refractivity (Wildman–Crippen MR) is 83.2 cm³/mol. The number of halogens is 1. The van der Waals surface area contributed by atoms with Crippen molar-refractivity contribution in [2.24, 2.45) is 0 Å². The standard InChI is InChI=1S/C15H24BrNO2/c1-4-5-6-9-17-11-12(2)19-15-8-7-13(18-3)10-14(15)16/h7-8,10,12,17H,4-6,9,11H2,1-3H3. The van der Waals surface area contributed by atoms with Crippen LogP contribution >= 0.6 is 15.9 Å². The van der Waals surface area contributed by atoms with Crippen molar-refractivity contribution in [3.63, 3.8) is 0 Å². The molecule has 1 N–H and O–H groups in total. The fourth-order valence-corrected chi connectivity index (χ4v) is 2.22. The van der Waals surface area contributed by atoms with Crippen LogP contribution in [0.1, 0.15) is 33.1 Å². The van der Waals surface area contributed by atoms with Gasteiger partial charge in [0.1, 0.15) is 17.6 Å². The zero-order valence-electron chi connectivity index (χ0n) is 12.0. The Morgan fingerprint density at radius 2 is 2.11 bits per heavy atom. The first-order valence-electron chi connectivity index (χ1n) is 6.88. The molecule has 1 unspecified atom stereocenters. The lowest BCUT2D eigenvalue weighted by atomic mass is 10.2. The Bertz CT molecular complexity index is 371. The highest BCUT2D eigenvalue weighted by Gasteiger charge is 2.07. The molecule has 0 fully saturated rings. The number of nitrogens with one attached hydrogen (secondary N) is 1. The Balaban J connectivity index is 2.33. The van der Waals surface area contributed by atoms with Gasteiger partial charge >= 0.3 is 0 Å². The van der Waals surface area contributed by atoms with E-state index in [9.17, 15) is 0 Å². The molecule has 108 valence electrons. The maximum absolute atomic E-state index is 5.89. The molecule has 4 heteroatoms. The summed E-state index contributed by atoms with van der Waals surface area (Å²) in [6.45, 7) is 6.21. The number of benzene rings is 1. The fraction of sp³-hybridized carbons (Fsp3) is 0.600. The van der Waals surface area contributed by atoms with E-state index >= 15 is 0 Å². The summed E-state index contributed by atoms with van der Waals surface area (Å²) in [5, 5.41) is 3.42. The van der Waals surface area contributed by atoms with E-state index in [1.165, 1.54) is 19.3 Å². The molecule has 3 nitrogen and oxygen atoms in total. The van der Waals surface area contributed by atoms with E-state index in [2.05, 4.69) is 35.1 Å². The highest BCUT2D eigenvalue weighted by Crippen LogP contribution is 2.29. The van der Waals surface area contributed by atoms with Crippen molar-refractivity contribution in [3.05, 3.63) is 22.7 Å². The fourth-order valence-electron chi connectivity index (χ4n) is 1.77. The number of unbranched alkanes of at least 4 members (excludes halogenated alkanes) is 2.